The fourth-order valence-electron chi connectivity index (χ4n) is 3.50. The molecule has 4 aromatic carbocycles. The topological polar surface area (TPSA) is 12.0 Å². The molecule has 0 aliphatic carbocycles. The van der Waals surface area contributed by atoms with Crippen LogP contribution in [-0.4, -0.2) is 6.54 Å². The Morgan fingerprint density at radius 3 is 2.00 bits per heavy atom. The fourth-order valence-corrected chi connectivity index (χ4v) is 3.50. The van der Waals surface area contributed by atoms with E-state index >= 15 is 0 Å². The Morgan fingerprint density at radius 2 is 1.38 bits per heavy atom. The first kappa shape index (κ1) is 16.4. The summed E-state index contributed by atoms with van der Waals surface area (Å²) in [5.41, 5.74) is 3.82. The molecule has 1 heteroatoms. The molecule has 0 bridgehead atoms. The number of nitrogens with one attached hydrogen (secondary N) is 1. The molecule has 4 rings (SSSR count). The highest BCUT2D eigenvalue weighted by atomic mass is 14.8. The molecule has 0 saturated heterocycles. The molecule has 1 nitrogen and oxygen atoms in total. The molecule has 0 radical (unpaired) electrons. The van der Waals surface area contributed by atoms with E-state index in [1.165, 1.54) is 38.4 Å². The van der Waals surface area contributed by atoms with E-state index in [2.05, 4.69) is 103 Å². The Morgan fingerprint density at radius 1 is 0.769 bits per heavy atom. The van der Waals surface area contributed by atoms with E-state index in [0.717, 1.165) is 13.0 Å². The normalized spacial score (nSPS) is 11.4. The number of anilines is 1. The van der Waals surface area contributed by atoms with Gasteiger partial charge < -0.3 is 5.32 Å². The Bertz CT molecular complexity index is 1000. The summed E-state index contributed by atoms with van der Waals surface area (Å²) in [6.45, 7) is 3.07. The van der Waals surface area contributed by atoms with E-state index in [-0.39, 0.29) is 0 Å². The van der Waals surface area contributed by atoms with Crippen LogP contribution in [0.2, 0.25) is 0 Å². The summed E-state index contributed by atoms with van der Waals surface area (Å²) in [7, 11) is 0. The summed E-state index contributed by atoms with van der Waals surface area (Å²) in [4.78, 5) is 0. The Hall–Kier alpha value is -3.06. The average Bonchev–Trinajstić information content (AvgIpc) is 2.69. The summed E-state index contributed by atoms with van der Waals surface area (Å²) in [5, 5.41) is 8.54. The SMILES string of the molecule is CCNc1ccc(C/C=C\c2c3ccccc3cc3ccccc23)cc1. The molecule has 1 N–H and O–H groups in total. The van der Waals surface area contributed by atoms with E-state index in [0.29, 0.717) is 0 Å². The molecule has 0 amide bonds. The van der Waals surface area contributed by atoms with E-state index in [1.54, 1.807) is 0 Å². The van der Waals surface area contributed by atoms with Crippen molar-refractivity contribution in [2.75, 3.05) is 11.9 Å². The van der Waals surface area contributed by atoms with Gasteiger partial charge in [-0.2, -0.15) is 0 Å². The smallest absolute Gasteiger partial charge is 0.0340 e. The third-order valence-electron chi connectivity index (χ3n) is 4.79. The summed E-state index contributed by atoms with van der Waals surface area (Å²) in [6.07, 6.45) is 5.49. The molecule has 0 aliphatic heterocycles. The second-order valence-corrected chi connectivity index (χ2v) is 6.57. The van der Waals surface area contributed by atoms with Gasteiger partial charge in [-0.15, -0.1) is 0 Å². The first-order valence-corrected chi connectivity index (χ1v) is 9.25. The lowest BCUT2D eigenvalue weighted by Gasteiger charge is -2.08. The van der Waals surface area contributed by atoms with Gasteiger partial charge in [-0.1, -0.05) is 72.8 Å². The molecule has 0 saturated carbocycles. The van der Waals surface area contributed by atoms with Gasteiger partial charge in [0.1, 0.15) is 0 Å². The van der Waals surface area contributed by atoms with Crippen molar-refractivity contribution in [3.8, 4) is 0 Å². The van der Waals surface area contributed by atoms with E-state index in [9.17, 15) is 0 Å². The van der Waals surface area contributed by atoms with Crippen molar-refractivity contribution < 1.29 is 0 Å². The molecular weight excluding hydrogens is 314 g/mol. The molecule has 0 atom stereocenters. The van der Waals surface area contributed by atoms with E-state index in [4.69, 9.17) is 0 Å². The van der Waals surface area contributed by atoms with Gasteiger partial charge in [0.2, 0.25) is 0 Å². The maximum atomic E-state index is 3.34. The number of fused-ring (bicyclic) bond motifs is 2. The second kappa shape index (κ2) is 7.45. The monoisotopic (exact) mass is 337 g/mol. The molecular formula is C25H23N. The summed E-state index contributed by atoms with van der Waals surface area (Å²) >= 11 is 0. The third kappa shape index (κ3) is 3.34. The second-order valence-electron chi connectivity index (χ2n) is 6.57. The minimum atomic E-state index is 0.934. The van der Waals surface area contributed by atoms with E-state index < -0.39 is 0 Å². The van der Waals surface area contributed by atoms with Crippen molar-refractivity contribution in [3.05, 3.63) is 96.1 Å². The number of hydrogen-bond donors (Lipinski definition) is 1. The fraction of sp³-hybridized carbons (Fsp3) is 0.120. The molecule has 0 fully saturated rings. The third-order valence-corrected chi connectivity index (χ3v) is 4.79. The van der Waals surface area contributed by atoms with Gasteiger partial charge in [0, 0.05) is 12.2 Å². The lowest BCUT2D eigenvalue weighted by Crippen LogP contribution is -1.95. The Balaban J connectivity index is 1.67. The molecule has 26 heavy (non-hydrogen) atoms. The largest absolute Gasteiger partial charge is 0.385 e. The molecule has 0 heterocycles. The number of allylic oxidation sites excluding steroid dienone is 1. The van der Waals surface area contributed by atoms with Crippen LogP contribution in [0, 0.1) is 0 Å². The molecule has 0 spiro atoms. The highest BCUT2D eigenvalue weighted by molar-refractivity contribution is 6.06. The standard InChI is InChI=1S/C25H23N/c1-2-26-22-16-14-19(15-17-22)8-7-13-25-23-11-5-3-9-20(23)18-21-10-4-6-12-24(21)25/h3-7,9-18,26H,2,8H2,1H3/b13-7-. The van der Waals surface area contributed by atoms with Gasteiger partial charge in [-0.25, -0.2) is 0 Å². The zero-order valence-corrected chi connectivity index (χ0v) is 15.1. The zero-order valence-electron chi connectivity index (χ0n) is 15.1. The van der Waals surface area contributed by atoms with Crippen LogP contribution in [0.4, 0.5) is 5.69 Å². The molecule has 0 unspecified atom stereocenters. The van der Waals surface area contributed by atoms with Crippen LogP contribution in [-0.2, 0) is 6.42 Å². The first-order valence-electron chi connectivity index (χ1n) is 9.25. The molecule has 4 aromatic rings. The average molecular weight is 337 g/mol. The Kier molecular flexibility index (Phi) is 4.70. The Labute approximate surface area is 155 Å². The van der Waals surface area contributed by atoms with Crippen LogP contribution in [0.25, 0.3) is 27.6 Å². The highest BCUT2D eigenvalue weighted by Crippen LogP contribution is 2.29. The van der Waals surface area contributed by atoms with Crippen molar-refractivity contribution in [2.24, 2.45) is 0 Å². The van der Waals surface area contributed by atoms with Crippen LogP contribution in [0.5, 0.6) is 0 Å². The zero-order chi connectivity index (χ0) is 17.8. The van der Waals surface area contributed by atoms with Crippen molar-refractivity contribution in [1.82, 2.24) is 0 Å². The summed E-state index contributed by atoms with van der Waals surface area (Å²) < 4.78 is 0. The first-order chi connectivity index (χ1) is 12.8. The number of rotatable bonds is 5. The van der Waals surface area contributed by atoms with Gasteiger partial charge in [0.15, 0.2) is 0 Å². The molecule has 128 valence electrons. The van der Waals surface area contributed by atoms with Gasteiger partial charge in [-0.05, 0) is 64.2 Å². The predicted octanol–water partition coefficient (Wildman–Crippen LogP) is 6.68. The van der Waals surface area contributed by atoms with Crippen molar-refractivity contribution in [3.63, 3.8) is 0 Å². The van der Waals surface area contributed by atoms with Gasteiger partial charge in [0.25, 0.3) is 0 Å². The van der Waals surface area contributed by atoms with Gasteiger partial charge in [0.05, 0.1) is 0 Å². The number of hydrogen-bond acceptors (Lipinski definition) is 1. The highest BCUT2D eigenvalue weighted by Gasteiger charge is 2.04. The van der Waals surface area contributed by atoms with Crippen molar-refractivity contribution in [1.29, 1.82) is 0 Å². The van der Waals surface area contributed by atoms with Crippen LogP contribution >= 0.6 is 0 Å². The van der Waals surface area contributed by atoms with Crippen LogP contribution < -0.4 is 5.32 Å². The van der Waals surface area contributed by atoms with E-state index in [1.807, 2.05) is 0 Å². The number of benzene rings is 4. The van der Waals surface area contributed by atoms with Gasteiger partial charge in [-0.3, -0.25) is 0 Å². The van der Waals surface area contributed by atoms with Crippen LogP contribution in [0.1, 0.15) is 18.1 Å². The maximum absolute atomic E-state index is 3.34. The lowest BCUT2D eigenvalue weighted by atomic mass is 9.96. The predicted molar refractivity (Wildman–Crippen MR) is 115 cm³/mol. The van der Waals surface area contributed by atoms with Crippen LogP contribution in [0.3, 0.4) is 0 Å². The minimum absolute atomic E-state index is 0.934. The minimum Gasteiger partial charge on any atom is -0.385 e. The van der Waals surface area contributed by atoms with Crippen LogP contribution in [0.15, 0.2) is 84.9 Å². The lowest BCUT2D eigenvalue weighted by molar-refractivity contribution is 1.20. The quantitative estimate of drug-likeness (QED) is 0.400. The van der Waals surface area contributed by atoms with Crippen molar-refractivity contribution >= 4 is 33.3 Å². The van der Waals surface area contributed by atoms with Gasteiger partial charge >= 0.3 is 0 Å². The maximum Gasteiger partial charge on any atom is 0.0340 e. The summed E-state index contributed by atoms with van der Waals surface area (Å²) in [5.74, 6) is 0. The van der Waals surface area contributed by atoms with Crippen molar-refractivity contribution in [2.45, 2.75) is 13.3 Å². The summed E-state index contributed by atoms with van der Waals surface area (Å²) in [6, 6.07) is 28.2. The molecule has 0 aliphatic rings. The molecule has 0 aromatic heterocycles.